The normalized spacial score (nSPS) is 19.6. The Morgan fingerprint density at radius 1 is 1.35 bits per heavy atom. The smallest absolute Gasteiger partial charge is 0.201 e. The van der Waals surface area contributed by atoms with Crippen molar-refractivity contribution < 1.29 is 0 Å². The molecule has 0 amide bonds. The van der Waals surface area contributed by atoms with Gasteiger partial charge in [-0.2, -0.15) is 0 Å². The maximum Gasteiger partial charge on any atom is 0.201 e. The van der Waals surface area contributed by atoms with Crippen LogP contribution in [0.5, 0.6) is 0 Å². The molecule has 1 aromatic heterocycles. The summed E-state index contributed by atoms with van der Waals surface area (Å²) in [6.07, 6.45) is 2.41. The van der Waals surface area contributed by atoms with Crippen LogP contribution in [-0.4, -0.2) is 34.6 Å². The lowest BCUT2D eigenvalue weighted by Crippen LogP contribution is -2.38. The highest BCUT2D eigenvalue weighted by molar-refractivity contribution is 9.10. The first-order valence-electron chi connectivity index (χ1n) is 7.07. The molecule has 0 radical (unpaired) electrons. The summed E-state index contributed by atoms with van der Waals surface area (Å²) in [5.41, 5.74) is 8.54. The van der Waals surface area contributed by atoms with Crippen molar-refractivity contribution in [2.24, 2.45) is 5.41 Å². The number of anilines is 1. The second-order valence-corrected chi connectivity index (χ2v) is 7.22. The minimum absolute atomic E-state index is 0.307. The third-order valence-corrected chi connectivity index (χ3v) is 4.97. The molecule has 2 N–H and O–H groups in total. The minimum atomic E-state index is 0.307. The summed E-state index contributed by atoms with van der Waals surface area (Å²) in [4.78, 5) is 6.88. The van der Waals surface area contributed by atoms with Crippen LogP contribution in [-0.2, 0) is 6.54 Å². The van der Waals surface area contributed by atoms with E-state index in [2.05, 4.69) is 56.5 Å². The number of aromatic nitrogens is 2. The first-order valence-corrected chi connectivity index (χ1v) is 7.86. The molecule has 1 fully saturated rings. The molecular formula is C15H21BrN4. The molecule has 1 aliphatic rings. The van der Waals surface area contributed by atoms with Gasteiger partial charge in [0.25, 0.3) is 0 Å². The number of piperidine rings is 1. The number of nitrogens with zero attached hydrogens (tertiary/aromatic N) is 3. The summed E-state index contributed by atoms with van der Waals surface area (Å²) in [5, 5.41) is 0. The summed E-state index contributed by atoms with van der Waals surface area (Å²) < 4.78 is 3.22. The molecule has 4 nitrogen and oxygen atoms in total. The number of fused-ring (bicyclic) bond motifs is 1. The lowest BCUT2D eigenvalue weighted by molar-refractivity contribution is 0.122. The Labute approximate surface area is 128 Å². The number of likely N-dealkylation sites (tertiary alicyclic amines) is 1. The van der Waals surface area contributed by atoms with Gasteiger partial charge in [0.05, 0.1) is 11.0 Å². The Morgan fingerprint density at radius 2 is 2.05 bits per heavy atom. The van der Waals surface area contributed by atoms with E-state index in [1.807, 2.05) is 6.07 Å². The van der Waals surface area contributed by atoms with Crippen LogP contribution in [0.2, 0.25) is 0 Å². The Balaban J connectivity index is 1.92. The van der Waals surface area contributed by atoms with Crippen LogP contribution in [0.25, 0.3) is 11.0 Å². The molecule has 2 heterocycles. The van der Waals surface area contributed by atoms with Crippen molar-refractivity contribution in [3.63, 3.8) is 0 Å². The van der Waals surface area contributed by atoms with E-state index in [1.165, 1.54) is 12.8 Å². The van der Waals surface area contributed by atoms with Crippen LogP contribution in [0, 0.1) is 5.41 Å². The lowest BCUT2D eigenvalue weighted by Gasteiger charge is -2.38. The average Bonchev–Trinajstić information content (AvgIpc) is 2.69. The number of nitrogen functional groups attached to an aromatic ring is 1. The Hall–Kier alpha value is -1.07. The van der Waals surface area contributed by atoms with Gasteiger partial charge in [-0.1, -0.05) is 22.9 Å². The van der Waals surface area contributed by atoms with Gasteiger partial charge in [-0.25, -0.2) is 4.98 Å². The van der Waals surface area contributed by atoms with E-state index in [1.54, 1.807) is 0 Å². The highest BCUT2D eigenvalue weighted by atomic mass is 79.9. The molecule has 108 valence electrons. The number of hydrogen-bond acceptors (Lipinski definition) is 3. The van der Waals surface area contributed by atoms with E-state index < -0.39 is 0 Å². The van der Waals surface area contributed by atoms with Crippen LogP contribution in [0.1, 0.15) is 19.8 Å². The summed E-state index contributed by atoms with van der Waals surface area (Å²) in [6, 6.07) is 6.18. The Morgan fingerprint density at radius 3 is 2.75 bits per heavy atom. The number of hydrogen-bond donors (Lipinski definition) is 1. The second kappa shape index (κ2) is 5.04. The summed E-state index contributed by atoms with van der Waals surface area (Å²) in [6.45, 7) is 5.64. The first kappa shape index (κ1) is 13.9. The average molecular weight is 337 g/mol. The zero-order valence-corrected chi connectivity index (χ0v) is 13.7. The lowest BCUT2D eigenvalue weighted by atomic mass is 9.80. The third kappa shape index (κ3) is 2.56. The predicted molar refractivity (Wildman–Crippen MR) is 86.7 cm³/mol. The van der Waals surface area contributed by atoms with E-state index in [4.69, 9.17) is 5.73 Å². The summed E-state index contributed by atoms with van der Waals surface area (Å²) >= 11 is 3.49. The first-order chi connectivity index (χ1) is 9.47. The van der Waals surface area contributed by atoms with Crippen molar-refractivity contribution in [2.75, 3.05) is 25.9 Å². The van der Waals surface area contributed by atoms with Crippen molar-refractivity contribution in [3.8, 4) is 0 Å². The van der Waals surface area contributed by atoms with Gasteiger partial charge in [0.15, 0.2) is 0 Å². The molecule has 1 saturated heterocycles. The fraction of sp³-hybridized carbons (Fsp3) is 0.533. The maximum absolute atomic E-state index is 6.13. The molecule has 1 aromatic carbocycles. The quantitative estimate of drug-likeness (QED) is 0.916. The largest absolute Gasteiger partial charge is 0.369 e. The van der Waals surface area contributed by atoms with Gasteiger partial charge in [0, 0.05) is 11.0 Å². The molecule has 0 bridgehead atoms. The zero-order valence-electron chi connectivity index (χ0n) is 12.1. The monoisotopic (exact) mass is 336 g/mol. The van der Waals surface area contributed by atoms with Crippen LogP contribution >= 0.6 is 15.9 Å². The molecule has 3 rings (SSSR count). The van der Waals surface area contributed by atoms with Crippen LogP contribution in [0.3, 0.4) is 0 Å². The van der Waals surface area contributed by atoms with E-state index in [-0.39, 0.29) is 0 Å². The maximum atomic E-state index is 6.13. The van der Waals surface area contributed by atoms with Gasteiger partial charge in [0.1, 0.15) is 0 Å². The topological polar surface area (TPSA) is 47.1 Å². The van der Waals surface area contributed by atoms with E-state index in [0.29, 0.717) is 11.4 Å². The van der Waals surface area contributed by atoms with Crippen LogP contribution in [0.4, 0.5) is 5.95 Å². The van der Waals surface area contributed by atoms with Crippen molar-refractivity contribution in [1.29, 1.82) is 0 Å². The molecule has 0 spiro atoms. The summed E-state index contributed by atoms with van der Waals surface area (Å²) in [7, 11) is 2.19. The summed E-state index contributed by atoms with van der Waals surface area (Å²) in [5.74, 6) is 0.623. The molecule has 2 aromatic rings. The zero-order chi connectivity index (χ0) is 14.3. The molecular weight excluding hydrogens is 316 g/mol. The van der Waals surface area contributed by atoms with E-state index >= 15 is 0 Å². The number of halogens is 1. The van der Waals surface area contributed by atoms with Crippen LogP contribution < -0.4 is 5.73 Å². The molecule has 0 atom stereocenters. The van der Waals surface area contributed by atoms with Gasteiger partial charge in [0.2, 0.25) is 5.95 Å². The number of nitrogens with two attached hydrogens (primary N) is 1. The third-order valence-electron chi connectivity index (χ3n) is 4.47. The Kier molecular flexibility index (Phi) is 3.50. The molecule has 1 aliphatic heterocycles. The highest BCUT2D eigenvalue weighted by Gasteiger charge is 2.30. The van der Waals surface area contributed by atoms with Gasteiger partial charge >= 0.3 is 0 Å². The fourth-order valence-electron chi connectivity index (χ4n) is 2.99. The van der Waals surface area contributed by atoms with Crippen molar-refractivity contribution in [3.05, 3.63) is 22.7 Å². The van der Waals surface area contributed by atoms with Gasteiger partial charge in [-0.15, -0.1) is 0 Å². The second-order valence-electron chi connectivity index (χ2n) is 6.30. The van der Waals surface area contributed by atoms with Crippen LogP contribution in [0.15, 0.2) is 22.7 Å². The number of imidazole rings is 1. The van der Waals surface area contributed by atoms with Gasteiger partial charge in [-0.05, 0) is 56.6 Å². The minimum Gasteiger partial charge on any atom is -0.369 e. The number of benzene rings is 1. The fourth-order valence-corrected chi connectivity index (χ4v) is 3.33. The van der Waals surface area contributed by atoms with E-state index in [0.717, 1.165) is 35.1 Å². The van der Waals surface area contributed by atoms with Crippen molar-refractivity contribution >= 4 is 32.9 Å². The molecule has 0 aliphatic carbocycles. The molecule has 0 unspecified atom stereocenters. The standard InChI is InChI=1S/C15H21BrN4/c1-15(5-7-19(2)8-6-15)10-20-13-4-3-11(16)9-12(13)18-14(20)17/h3-4,9H,5-8,10H2,1-2H3,(H2,17,18). The van der Waals surface area contributed by atoms with Crippen molar-refractivity contribution in [1.82, 2.24) is 14.5 Å². The molecule has 20 heavy (non-hydrogen) atoms. The Bertz CT molecular complexity index is 626. The van der Waals surface area contributed by atoms with Gasteiger partial charge < -0.3 is 15.2 Å². The SMILES string of the molecule is CN1CCC(C)(Cn2c(N)nc3cc(Br)ccc32)CC1. The number of rotatable bonds is 2. The van der Waals surface area contributed by atoms with E-state index in [9.17, 15) is 0 Å². The predicted octanol–water partition coefficient (Wildman–Crippen LogP) is 3.11. The molecule has 5 heteroatoms. The van der Waals surface area contributed by atoms with Crippen molar-refractivity contribution in [2.45, 2.75) is 26.3 Å². The highest BCUT2D eigenvalue weighted by Crippen LogP contribution is 2.34. The molecule has 0 saturated carbocycles. The van der Waals surface area contributed by atoms with Gasteiger partial charge in [-0.3, -0.25) is 0 Å².